The van der Waals surface area contributed by atoms with Crippen LogP contribution in [0.3, 0.4) is 0 Å². The summed E-state index contributed by atoms with van der Waals surface area (Å²) in [7, 11) is 0. The van der Waals surface area contributed by atoms with Crippen LogP contribution in [-0.2, 0) is 0 Å². The van der Waals surface area contributed by atoms with Gasteiger partial charge in [0.05, 0.1) is 23.1 Å². The largest absolute Gasteiger partial charge is 0.393 e. The lowest BCUT2D eigenvalue weighted by Crippen LogP contribution is -2.37. The van der Waals surface area contributed by atoms with Crippen molar-refractivity contribution in [1.82, 2.24) is 15.1 Å². The summed E-state index contributed by atoms with van der Waals surface area (Å²) in [6, 6.07) is 1.93. The third kappa shape index (κ3) is 2.59. The predicted molar refractivity (Wildman–Crippen MR) is 81.7 cm³/mol. The molecule has 22 heavy (non-hydrogen) atoms. The van der Waals surface area contributed by atoms with Gasteiger partial charge in [-0.25, -0.2) is 9.97 Å². The maximum atomic E-state index is 9.63. The number of anilines is 1. The Balaban J connectivity index is 1.67. The van der Waals surface area contributed by atoms with Gasteiger partial charge in [-0.1, -0.05) is 5.16 Å². The van der Waals surface area contributed by atoms with E-state index in [0.717, 1.165) is 54.6 Å². The molecule has 0 spiro atoms. The van der Waals surface area contributed by atoms with Crippen molar-refractivity contribution in [2.45, 2.75) is 44.6 Å². The summed E-state index contributed by atoms with van der Waals surface area (Å²) >= 11 is 0. The van der Waals surface area contributed by atoms with Gasteiger partial charge < -0.3 is 14.5 Å². The Morgan fingerprint density at radius 2 is 2.00 bits per heavy atom. The number of nitrogens with zero attached hydrogens (tertiary/aromatic N) is 4. The second-order valence-corrected chi connectivity index (χ2v) is 6.29. The molecule has 1 saturated carbocycles. The molecule has 2 aromatic rings. The van der Waals surface area contributed by atoms with Crippen LogP contribution in [0.15, 0.2) is 16.8 Å². The van der Waals surface area contributed by atoms with E-state index in [1.54, 1.807) is 0 Å². The van der Waals surface area contributed by atoms with Crippen LogP contribution in [0.5, 0.6) is 0 Å². The van der Waals surface area contributed by atoms with Gasteiger partial charge in [-0.2, -0.15) is 0 Å². The molecule has 6 heteroatoms. The van der Waals surface area contributed by atoms with Gasteiger partial charge in [-0.3, -0.25) is 0 Å². The van der Waals surface area contributed by atoms with Crippen LogP contribution in [0.2, 0.25) is 0 Å². The van der Waals surface area contributed by atoms with Crippen LogP contribution in [0, 0.1) is 6.92 Å². The molecule has 1 N–H and O–H groups in total. The van der Waals surface area contributed by atoms with Crippen LogP contribution < -0.4 is 4.90 Å². The molecule has 2 aliphatic rings. The number of hydrogen-bond acceptors (Lipinski definition) is 6. The van der Waals surface area contributed by atoms with Crippen molar-refractivity contribution in [3.05, 3.63) is 23.7 Å². The Morgan fingerprint density at radius 3 is 2.64 bits per heavy atom. The molecule has 0 unspecified atom stereocenters. The van der Waals surface area contributed by atoms with E-state index in [0.29, 0.717) is 5.92 Å². The molecule has 0 aromatic carbocycles. The van der Waals surface area contributed by atoms with E-state index in [2.05, 4.69) is 15.0 Å². The normalized spacial score (nSPS) is 19.6. The summed E-state index contributed by atoms with van der Waals surface area (Å²) in [4.78, 5) is 11.5. The molecule has 0 atom stereocenters. The Kier molecular flexibility index (Phi) is 3.33. The van der Waals surface area contributed by atoms with E-state index in [4.69, 9.17) is 9.51 Å². The fourth-order valence-corrected chi connectivity index (χ4v) is 2.95. The zero-order chi connectivity index (χ0) is 15.1. The van der Waals surface area contributed by atoms with Crippen molar-refractivity contribution >= 4 is 5.95 Å². The van der Waals surface area contributed by atoms with Gasteiger partial charge in [-0.15, -0.1) is 0 Å². The number of aryl methyl sites for hydroxylation is 1. The van der Waals surface area contributed by atoms with Gasteiger partial charge in [-0.05, 0) is 32.6 Å². The molecular formula is C16H20N4O2. The van der Waals surface area contributed by atoms with Crippen molar-refractivity contribution in [2.75, 3.05) is 18.0 Å². The SMILES string of the molecule is Cc1cc(-c2cnc(N3CCC(O)CC3)nc2C2CC2)on1. The standard InChI is InChI=1S/C16H20N4O2/c1-10-8-14(22-19-10)13-9-17-16(18-15(13)11-2-3-11)20-6-4-12(21)5-7-20/h8-9,11-12,21H,2-7H2,1H3. The zero-order valence-electron chi connectivity index (χ0n) is 12.7. The molecule has 1 saturated heterocycles. The molecule has 2 fully saturated rings. The molecule has 0 radical (unpaired) electrons. The molecule has 0 bridgehead atoms. The van der Waals surface area contributed by atoms with Gasteiger partial charge in [0.2, 0.25) is 5.95 Å². The minimum absolute atomic E-state index is 0.185. The summed E-state index contributed by atoms with van der Waals surface area (Å²) in [6.07, 6.45) is 5.60. The van der Waals surface area contributed by atoms with Crippen molar-refractivity contribution in [3.63, 3.8) is 0 Å². The van der Waals surface area contributed by atoms with Crippen LogP contribution >= 0.6 is 0 Å². The number of aliphatic hydroxyl groups excluding tert-OH is 1. The summed E-state index contributed by atoms with van der Waals surface area (Å²) < 4.78 is 5.39. The van der Waals surface area contributed by atoms with E-state index in [1.807, 2.05) is 19.2 Å². The summed E-state index contributed by atoms with van der Waals surface area (Å²) in [5.74, 6) is 2.03. The van der Waals surface area contributed by atoms with Crippen molar-refractivity contribution in [1.29, 1.82) is 0 Å². The molecule has 6 nitrogen and oxygen atoms in total. The minimum atomic E-state index is -0.185. The van der Waals surface area contributed by atoms with E-state index in [9.17, 15) is 5.11 Å². The fourth-order valence-electron chi connectivity index (χ4n) is 2.95. The maximum absolute atomic E-state index is 9.63. The van der Waals surface area contributed by atoms with Gasteiger partial charge in [0.1, 0.15) is 0 Å². The van der Waals surface area contributed by atoms with Crippen molar-refractivity contribution in [3.8, 4) is 11.3 Å². The Hall–Kier alpha value is -1.95. The highest BCUT2D eigenvalue weighted by atomic mass is 16.5. The second-order valence-electron chi connectivity index (χ2n) is 6.29. The van der Waals surface area contributed by atoms with E-state index >= 15 is 0 Å². The Labute approximate surface area is 129 Å². The van der Waals surface area contributed by atoms with Crippen LogP contribution in [-0.4, -0.2) is 39.4 Å². The first-order valence-electron chi connectivity index (χ1n) is 7.94. The van der Waals surface area contributed by atoms with Gasteiger partial charge in [0.15, 0.2) is 5.76 Å². The fraction of sp³-hybridized carbons (Fsp3) is 0.562. The molecule has 4 rings (SSSR count). The van der Waals surface area contributed by atoms with E-state index in [1.165, 1.54) is 12.8 Å². The quantitative estimate of drug-likeness (QED) is 0.937. The van der Waals surface area contributed by atoms with Gasteiger partial charge in [0, 0.05) is 31.3 Å². The number of piperidine rings is 1. The highest BCUT2D eigenvalue weighted by molar-refractivity contribution is 5.62. The molecular weight excluding hydrogens is 280 g/mol. The minimum Gasteiger partial charge on any atom is -0.393 e. The lowest BCUT2D eigenvalue weighted by atomic mass is 10.1. The van der Waals surface area contributed by atoms with Gasteiger partial charge >= 0.3 is 0 Å². The smallest absolute Gasteiger partial charge is 0.225 e. The predicted octanol–water partition coefficient (Wildman–Crippen LogP) is 2.28. The van der Waals surface area contributed by atoms with Crippen molar-refractivity contribution < 1.29 is 9.63 Å². The number of hydrogen-bond donors (Lipinski definition) is 1. The first kappa shape index (κ1) is 13.7. The van der Waals surface area contributed by atoms with E-state index in [-0.39, 0.29) is 6.10 Å². The summed E-state index contributed by atoms with van der Waals surface area (Å²) in [5, 5.41) is 13.6. The second kappa shape index (κ2) is 5.35. The first-order valence-corrected chi connectivity index (χ1v) is 7.94. The molecule has 1 aliphatic carbocycles. The Bertz CT molecular complexity index is 673. The zero-order valence-corrected chi connectivity index (χ0v) is 12.7. The topological polar surface area (TPSA) is 75.3 Å². The molecule has 2 aromatic heterocycles. The van der Waals surface area contributed by atoms with Gasteiger partial charge in [0.25, 0.3) is 0 Å². The molecule has 3 heterocycles. The van der Waals surface area contributed by atoms with Crippen LogP contribution in [0.4, 0.5) is 5.95 Å². The molecule has 0 amide bonds. The summed E-state index contributed by atoms with van der Waals surface area (Å²) in [6.45, 7) is 3.54. The number of aromatic nitrogens is 3. The lowest BCUT2D eigenvalue weighted by molar-refractivity contribution is 0.145. The average molecular weight is 300 g/mol. The first-order chi connectivity index (χ1) is 10.7. The maximum Gasteiger partial charge on any atom is 0.225 e. The highest BCUT2D eigenvalue weighted by Gasteiger charge is 2.31. The average Bonchev–Trinajstić information content (AvgIpc) is 3.29. The third-order valence-corrected chi connectivity index (χ3v) is 4.41. The monoisotopic (exact) mass is 300 g/mol. The number of rotatable bonds is 3. The molecule has 1 aliphatic heterocycles. The van der Waals surface area contributed by atoms with Crippen molar-refractivity contribution in [2.24, 2.45) is 0 Å². The number of aliphatic hydroxyl groups is 1. The molecule has 116 valence electrons. The van der Waals surface area contributed by atoms with Crippen LogP contribution in [0.1, 0.15) is 43.0 Å². The van der Waals surface area contributed by atoms with Crippen LogP contribution in [0.25, 0.3) is 11.3 Å². The van der Waals surface area contributed by atoms with E-state index < -0.39 is 0 Å². The Morgan fingerprint density at radius 1 is 1.23 bits per heavy atom. The third-order valence-electron chi connectivity index (χ3n) is 4.41. The highest BCUT2D eigenvalue weighted by Crippen LogP contribution is 2.43. The lowest BCUT2D eigenvalue weighted by Gasteiger charge is -2.29. The summed E-state index contributed by atoms with van der Waals surface area (Å²) in [5.41, 5.74) is 2.90.